The van der Waals surface area contributed by atoms with E-state index in [1.807, 2.05) is 24.3 Å². The Kier molecular flexibility index (Phi) is 7.00. The van der Waals surface area contributed by atoms with Crippen LogP contribution in [0.15, 0.2) is 191 Å². The maximum Gasteiger partial charge on any atom is 0.137 e. The van der Waals surface area contributed by atoms with E-state index in [2.05, 4.69) is 163 Å². The molecule has 8 aromatic carbocycles. The Morgan fingerprint density at radius 3 is 1.85 bits per heavy atom. The first-order valence-electron chi connectivity index (χ1n) is 18.0. The van der Waals surface area contributed by atoms with Gasteiger partial charge in [-0.1, -0.05) is 109 Å². The SMILES string of the molecule is c1ccc(-c2cccc(N(c3ccc(-c4ccc5c(c4)oc4ccc6nc(-c7ccccc7)sc6c45)cc3)c3ccc4c(c3)oc3ccccc34)c2)cc1. The van der Waals surface area contributed by atoms with E-state index in [4.69, 9.17) is 13.8 Å². The number of rotatable bonds is 6. The van der Waals surface area contributed by atoms with E-state index in [0.29, 0.717) is 0 Å². The second-order valence-corrected chi connectivity index (χ2v) is 14.6. The second-order valence-electron chi connectivity index (χ2n) is 13.6. The van der Waals surface area contributed by atoms with E-state index in [9.17, 15) is 0 Å². The average molecular weight is 711 g/mol. The lowest BCUT2D eigenvalue weighted by molar-refractivity contribution is 0.668. The van der Waals surface area contributed by atoms with Crippen LogP contribution in [0.25, 0.3) is 86.9 Å². The fourth-order valence-corrected chi connectivity index (χ4v) is 8.81. The lowest BCUT2D eigenvalue weighted by Crippen LogP contribution is -2.10. The van der Waals surface area contributed by atoms with Gasteiger partial charge in [0.2, 0.25) is 0 Å². The van der Waals surface area contributed by atoms with E-state index in [0.717, 1.165) is 98.4 Å². The Hall–Kier alpha value is -6.95. The van der Waals surface area contributed by atoms with Crippen LogP contribution in [0.2, 0.25) is 0 Å². The van der Waals surface area contributed by atoms with Crippen molar-refractivity contribution in [3.8, 4) is 32.8 Å². The summed E-state index contributed by atoms with van der Waals surface area (Å²) in [5.74, 6) is 0. The third-order valence-corrected chi connectivity index (χ3v) is 11.4. The average Bonchev–Trinajstić information content (AvgIpc) is 3.95. The molecule has 11 aromatic rings. The van der Waals surface area contributed by atoms with Gasteiger partial charge in [0, 0.05) is 50.2 Å². The fourth-order valence-electron chi connectivity index (χ4n) is 7.69. The Labute approximate surface area is 314 Å². The predicted molar refractivity (Wildman–Crippen MR) is 225 cm³/mol. The van der Waals surface area contributed by atoms with Crippen LogP contribution in [0.5, 0.6) is 0 Å². The van der Waals surface area contributed by atoms with E-state index in [-0.39, 0.29) is 0 Å². The smallest absolute Gasteiger partial charge is 0.137 e. The Morgan fingerprint density at radius 1 is 0.389 bits per heavy atom. The van der Waals surface area contributed by atoms with Gasteiger partial charge in [-0.15, -0.1) is 11.3 Å². The first kappa shape index (κ1) is 30.7. The van der Waals surface area contributed by atoms with Gasteiger partial charge in [-0.2, -0.15) is 0 Å². The van der Waals surface area contributed by atoms with Gasteiger partial charge < -0.3 is 13.7 Å². The van der Waals surface area contributed by atoms with Crippen molar-refractivity contribution >= 4 is 82.5 Å². The summed E-state index contributed by atoms with van der Waals surface area (Å²) < 4.78 is 14.0. The minimum absolute atomic E-state index is 0.862. The zero-order valence-corrected chi connectivity index (χ0v) is 29.8. The van der Waals surface area contributed by atoms with E-state index in [1.165, 1.54) is 5.56 Å². The second kappa shape index (κ2) is 12.3. The molecule has 11 rings (SSSR count). The quantitative estimate of drug-likeness (QED) is 0.172. The lowest BCUT2D eigenvalue weighted by atomic mass is 10.0. The standard InChI is InChI=1S/C49H30N2O2S/c1-3-10-31(11-4-1)34-14-9-15-37(28-34)51(38-23-25-40-39-16-7-8-17-43(39)52-46(40)30-38)36-21-18-32(19-22-36)35-20-24-41-45(29-35)53-44-27-26-42-48(47(41)44)54-49(50-42)33-12-5-2-6-13-33/h1-30H. The summed E-state index contributed by atoms with van der Waals surface area (Å²) in [7, 11) is 0. The molecule has 0 fully saturated rings. The van der Waals surface area contributed by atoms with Crippen LogP contribution in [0.3, 0.4) is 0 Å². The number of nitrogens with zero attached hydrogens (tertiary/aromatic N) is 2. The van der Waals surface area contributed by atoms with Crippen LogP contribution in [-0.4, -0.2) is 4.98 Å². The van der Waals surface area contributed by atoms with Crippen LogP contribution in [0.4, 0.5) is 17.1 Å². The molecule has 0 spiro atoms. The summed E-state index contributed by atoms with van der Waals surface area (Å²) in [5.41, 5.74) is 13.3. The number of furan rings is 2. The Morgan fingerprint density at radius 2 is 1.00 bits per heavy atom. The van der Waals surface area contributed by atoms with Crippen molar-refractivity contribution in [1.82, 2.24) is 4.98 Å². The van der Waals surface area contributed by atoms with Crippen LogP contribution < -0.4 is 4.90 Å². The van der Waals surface area contributed by atoms with Crippen LogP contribution >= 0.6 is 11.3 Å². The molecule has 0 radical (unpaired) electrons. The first-order chi connectivity index (χ1) is 26.7. The van der Waals surface area contributed by atoms with Crippen molar-refractivity contribution in [2.24, 2.45) is 0 Å². The minimum atomic E-state index is 0.862. The third-order valence-electron chi connectivity index (χ3n) is 10.3. The monoisotopic (exact) mass is 710 g/mol. The molecule has 0 amide bonds. The molecule has 54 heavy (non-hydrogen) atoms. The molecule has 3 aromatic heterocycles. The minimum Gasteiger partial charge on any atom is -0.456 e. The fraction of sp³-hybridized carbons (Fsp3) is 0. The molecular formula is C49H30N2O2S. The molecule has 0 aliphatic carbocycles. The largest absolute Gasteiger partial charge is 0.456 e. The molecule has 0 saturated heterocycles. The number of hydrogen-bond acceptors (Lipinski definition) is 5. The van der Waals surface area contributed by atoms with Crippen molar-refractivity contribution in [1.29, 1.82) is 0 Å². The van der Waals surface area contributed by atoms with Crippen LogP contribution in [0, 0.1) is 0 Å². The van der Waals surface area contributed by atoms with Crippen molar-refractivity contribution < 1.29 is 8.83 Å². The molecule has 5 heteroatoms. The van der Waals surface area contributed by atoms with Crippen LogP contribution in [-0.2, 0) is 0 Å². The highest BCUT2D eigenvalue weighted by Gasteiger charge is 2.18. The predicted octanol–water partition coefficient (Wildman–Crippen LogP) is 14.6. The number of fused-ring (bicyclic) bond motifs is 8. The van der Waals surface area contributed by atoms with E-state index in [1.54, 1.807) is 11.3 Å². The molecule has 4 nitrogen and oxygen atoms in total. The highest BCUT2D eigenvalue weighted by molar-refractivity contribution is 7.22. The number of hydrogen-bond donors (Lipinski definition) is 0. The van der Waals surface area contributed by atoms with Gasteiger partial charge in [-0.25, -0.2) is 4.98 Å². The molecule has 0 bridgehead atoms. The number of anilines is 3. The molecule has 0 unspecified atom stereocenters. The number of thiazole rings is 1. The zero-order valence-electron chi connectivity index (χ0n) is 28.9. The lowest BCUT2D eigenvalue weighted by Gasteiger charge is -2.26. The van der Waals surface area contributed by atoms with Gasteiger partial charge in [0.05, 0.1) is 10.2 Å². The summed E-state index contributed by atoms with van der Waals surface area (Å²) >= 11 is 1.72. The van der Waals surface area contributed by atoms with Gasteiger partial charge in [-0.05, 0) is 89.0 Å². The molecule has 0 aliphatic heterocycles. The highest BCUT2D eigenvalue weighted by Crippen LogP contribution is 2.43. The number of benzene rings is 8. The highest BCUT2D eigenvalue weighted by atomic mass is 32.1. The van der Waals surface area contributed by atoms with Crippen LogP contribution in [0.1, 0.15) is 0 Å². The molecule has 0 aliphatic rings. The zero-order chi connectivity index (χ0) is 35.6. The summed E-state index contributed by atoms with van der Waals surface area (Å²) in [5, 5.41) is 5.47. The number of para-hydroxylation sites is 1. The molecular weight excluding hydrogens is 681 g/mol. The van der Waals surface area contributed by atoms with Gasteiger partial charge in [0.1, 0.15) is 27.3 Å². The van der Waals surface area contributed by atoms with Gasteiger partial charge in [0.25, 0.3) is 0 Å². The Balaban J connectivity index is 0.993. The molecule has 0 N–H and O–H groups in total. The van der Waals surface area contributed by atoms with E-state index < -0.39 is 0 Å². The van der Waals surface area contributed by atoms with Crippen molar-refractivity contribution in [2.75, 3.05) is 4.90 Å². The third kappa shape index (κ3) is 5.09. The van der Waals surface area contributed by atoms with Crippen molar-refractivity contribution in [3.05, 3.63) is 182 Å². The van der Waals surface area contributed by atoms with E-state index >= 15 is 0 Å². The Bertz CT molecular complexity index is 3160. The summed E-state index contributed by atoms with van der Waals surface area (Å²) in [6.07, 6.45) is 0. The van der Waals surface area contributed by atoms with Crippen molar-refractivity contribution in [3.63, 3.8) is 0 Å². The summed E-state index contributed by atoms with van der Waals surface area (Å²) in [6.45, 7) is 0. The summed E-state index contributed by atoms with van der Waals surface area (Å²) in [4.78, 5) is 7.26. The molecule has 3 heterocycles. The molecule has 0 atom stereocenters. The normalized spacial score (nSPS) is 11.7. The maximum atomic E-state index is 6.48. The topological polar surface area (TPSA) is 42.4 Å². The number of aromatic nitrogens is 1. The van der Waals surface area contributed by atoms with Gasteiger partial charge >= 0.3 is 0 Å². The van der Waals surface area contributed by atoms with Gasteiger partial charge in [-0.3, -0.25) is 0 Å². The maximum absolute atomic E-state index is 6.48. The van der Waals surface area contributed by atoms with Gasteiger partial charge in [0.15, 0.2) is 0 Å². The van der Waals surface area contributed by atoms with Crippen molar-refractivity contribution in [2.45, 2.75) is 0 Å². The first-order valence-corrected chi connectivity index (χ1v) is 18.8. The molecule has 254 valence electrons. The molecule has 0 saturated carbocycles. The summed E-state index contributed by atoms with van der Waals surface area (Å²) in [6, 6.07) is 63.8.